The zero-order valence-corrected chi connectivity index (χ0v) is 11.1. The summed E-state index contributed by atoms with van der Waals surface area (Å²) in [4.78, 5) is 10.7. The van der Waals surface area contributed by atoms with Crippen LogP contribution in [0.1, 0.15) is 12.8 Å². The average Bonchev–Trinajstić information content (AvgIpc) is 2.29. The summed E-state index contributed by atoms with van der Waals surface area (Å²) in [7, 11) is 0. The Hall–Kier alpha value is -0.290. The van der Waals surface area contributed by atoms with Crippen molar-refractivity contribution < 1.29 is 0 Å². The molecule has 0 spiro atoms. The number of aromatic nitrogens is 2. The molecule has 1 aliphatic heterocycles. The van der Waals surface area contributed by atoms with Gasteiger partial charge in [0.2, 0.25) is 0 Å². The highest BCUT2D eigenvalue weighted by atomic mass is 79.9. The highest BCUT2D eigenvalue weighted by Crippen LogP contribution is 2.24. The topological polar surface area (TPSA) is 29.0 Å². The van der Waals surface area contributed by atoms with Gasteiger partial charge in [-0.2, -0.15) is 11.8 Å². The van der Waals surface area contributed by atoms with Crippen molar-refractivity contribution in [2.24, 2.45) is 0 Å². The fourth-order valence-corrected chi connectivity index (χ4v) is 2.86. The van der Waals surface area contributed by atoms with E-state index >= 15 is 0 Å². The molecule has 0 saturated carbocycles. The lowest BCUT2D eigenvalue weighted by atomic mass is 10.1. The van der Waals surface area contributed by atoms with Crippen molar-refractivity contribution >= 4 is 33.5 Å². The molecule has 1 atom stereocenters. The van der Waals surface area contributed by atoms with E-state index in [2.05, 4.69) is 37.1 Å². The van der Waals surface area contributed by atoms with Crippen LogP contribution in [0.3, 0.4) is 0 Å². The van der Waals surface area contributed by atoms with E-state index in [4.69, 9.17) is 0 Å². The molecule has 2 heterocycles. The fourth-order valence-electron chi connectivity index (χ4n) is 1.84. The molecule has 0 bridgehead atoms. The summed E-state index contributed by atoms with van der Waals surface area (Å²) in [6, 6.07) is 1.99. The van der Waals surface area contributed by atoms with Crippen LogP contribution in [0.5, 0.6) is 0 Å². The lowest BCUT2D eigenvalue weighted by Crippen LogP contribution is -2.37. The van der Waals surface area contributed by atoms with E-state index in [1.807, 2.05) is 17.8 Å². The zero-order chi connectivity index (χ0) is 10.7. The molecular weight excluding hydrogens is 274 g/mol. The van der Waals surface area contributed by atoms with Crippen LogP contribution in [-0.2, 0) is 0 Å². The fraction of sp³-hybridized carbons (Fsp3) is 0.600. The molecule has 0 aliphatic carbocycles. The smallest absolute Gasteiger partial charge is 0.133 e. The minimum Gasteiger partial charge on any atom is -0.355 e. The number of hydrogen-bond acceptors (Lipinski definition) is 4. The number of halogens is 1. The van der Waals surface area contributed by atoms with Crippen molar-refractivity contribution in [3.05, 3.63) is 17.0 Å². The molecule has 15 heavy (non-hydrogen) atoms. The van der Waals surface area contributed by atoms with E-state index in [0.717, 1.165) is 28.8 Å². The van der Waals surface area contributed by atoms with Crippen molar-refractivity contribution in [2.75, 3.05) is 24.2 Å². The van der Waals surface area contributed by atoms with Crippen LogP contribution >= 0.6 is 27.7 Å². The largest absolute Gasteiger partial charge is 0.355 e. The minimum absolute atomic E-state index is 0.743. The maximum atomic E-state index is 4.31. The van der Waals surface area contributed by atoms with Crippen LogP contribution < -0.4 is 4.90 Å². The highest BCUT2D eigenvalue weighted by Gasteiger charge is 2.19. The first-order valence-electron chi connectivity index (χ1n) is 5.05. The van der Waals surface area contributed by atoms with E-state index in [-0.39, 0.29) is 0 Å². The summed E-state index contributed by atoms with van der Waals surface area (Å²) in [5.74, 6) is 1.04. The molecule has 82 valence electrons. The van der Waals surface area contributed by atoms with Gasteiger partial charge in [0, 0.05) is 24.4 Å². The molecule has 1 unspecified atom stereocenters. The first-order valence-corrected chi connectivity index (χ1v) is 7.13. The third-order valence-electron chi connectivity index (χ3n) is 2.65. The van der Waals surface area contributed by atoms with Crippen LogP contribution in [0.2, 0.25) is 0 Å². The standard InChI is InChI=1S/C10H14BrN3S/c1-15-8-3-2-4-14(6-8)10-5-9(11)12-7-13-10/h5,7-8H,2-4,6H2,1H3. The Morgan fingerprint density at radius 3 is 3.13 bits per heavy atom. The number of nitrogens with zero attached hydrogens (tertiary/aromatic N) is 3. The van der Waals surface area contributed by atoms with Crippen LogP contribution in [-0.4, -0.2) is 34.6 Å². The van der Waals surface area contributed by atoms with E-state index < -0.39 is 0 Å². The van der Waals surface area contributed by atoms with E-state index in [1.54, 1.807) is 6.33 Å². The van der Waals surface area contributed by atoms with Gasteiger partial charge in [-0.3, -0.25) is 0 Å². The summed E-state index contributed by atoms with van der Waals surface area (Å²) < 4.78 is 0.860. The molecule has 0 radical (unpaired) electrons. The molecule has 0 amide bonds. The number of anilines is 1. The monoisotopic (exact) mass is 287 g/mol. The second kappa shape index (κ2) is 5.16. The Labute approximate surface area is 103 Å². The number of rotatable bonds is 2. The van der Waals surface area contributed by atoms with Crippen molar-refractivity contribution in [1.29, 1.82) is 0 Å². The van der Waals surface area contributed by atoms with Gasteiger partial charge >= 0.3 is 0 Å². The quantitative estimate of drug-likeness (QED) is 0.782. The molecule has 5 heteroatoms. The first-order chi connectivity index (χ1) is 7.29. The summed E-state index contributed by atoms with van der Waals surface area (Å²) in [6.07, 6.45) is 6.38. The van der Waals surface area contributed by atoms with Crippen LogP contribution in [0.4, 0.5) is 5.82 Å². The normalized spacial score (nSPS) is 21.7. The number of hydrogen-bond donors (Lipinski definition) is 0. The molecule has 1 aromatic rings. The zero-order valence-electron chi connectivity index (χ0n) is 8.69. The summed E-state index contributed by atoms with van der Waals surface area (Å²) >= 11 is 5.33. The summed E-state index contributed by atoms with van der Waals surface area (Å²) in [6.45, 7) is 2.21. The van der Waals surface area contributed by atoms with Gasteiger partial charge < -0.3 is 4.90 Å². The van der Waals surface area contributed by atoms with Crippen molar-refractivity contribution in [3.63, 3.8) is 0 Å². The maximum absolute atomic E-state index is 4.31. The lowest BCUT2D eigenvalue weighted by Gasteiger charge is -2.32. The van der Waals surface area contributed by atoms with E-state index in [0.29, 0.717) is 0 Å². The minimum atomic E-state index is 0.743. The molecule has 1 saturated heterocycles. The summed E-state index contributed by atoms with van der Waals surface area (Å²) in [5.41, 5.74) is 0. The molecule has 0 N–H and O–H groups in total. The predicted octanol–water partition coefficient (Wildman–Crippen LogP) is 2.57. The highest BCUT2D eigenvalue weighted by molar-refractivity contribution is 9.10. The second-order valence-electron chi connectivity index (χ2n) is 3.64. The predicted molar refractivity (Wildman–Crippen MR) is 68.5 cm³/mol. The van der Waals surface area contributed by atoms with Crippen LogP contribution in [0, 0.1) is 0 Å². The Morgan fingerprint density at radius 2 is 2.40 bits per heavy atom. The van der Waals surface area contributed by atoms with E-state index in [9.17, 15) is 0 Å². The Balaban J connectivity index is 2.09. The molecule has 1 aliphatic rings. The maximum Gasteiger partial charge on any atom is 0.133 e. The Morgan fingerprint density at radius 1 is 1.53 bits per heavy atom. The van der Waals surface area contributed by atoms with E-state index in [1.165, 1.54) is 12.8 Å². The lowest BCUT2D eigenvalue weighted by molar-refractivity contribution is 0.585. The number of piperidine rings is 1. The molecule has 2 rings (SSSR count). The second-order valence-corrected chi connectivity index (χ2v) is 5.60. The van der Waals surface area contributed by atoms with Gasteiger partial charge in [0.15, 0.2) is 0 Å². The van der Waals surface area contributed by atoms with Crippen molar-refractivity contribution in [3.8, 4) is 0 Å². The third-order valence-corrected chi connectivity index (χ3v) is 4.14. The van der Waals surface area contributed by atoms with Crippen LogP contribution in [0.25, 0.3) is 0 Å². The number of thioether (sulfide) groups is 1. The molecule has 0 aromatic carbocycles. The van der Waals surface area contributed by atoms with Gasteiger partial charge in [-0.25, -0.2) is 9.97 Å². The van der Waals surface area contributed by atoms with Crippen molar-refractivity contribution in [1.82, 2.24) is 9.97 Å². The van der Waals surface area contributed by atoms with Gasteiger partial charge in [-0.15, -0.1) is 0 Å². The third kappa shape index (κ3) is 2.84. The van der Waals surface area contributed by atoms with Crippen LogP contribution in [0.15, 0.2) is 17.0 Å². The van der Waals surface area contributed by atoms with Gasteiger partial charge in [0.1, 0.15) is 16.7 Å². The van der Waals surface area contributed by atoms with Gasteiger partial charge in [-0.05, 0) is 35.0 Å². The molecular formula is C10H14BrN3S. The van der Waals surface area contributed by atoms with Crippen molar-refractivity contribution in [2.45, 2.75) is 18.1 Å². The van der Waals surface area contributed by atoms with Gasteiger partial charge in [0.05, 0.1) is 0 Å². The Bertz CT molecular complexity index is 334. The summed E-state index contributed by atoms with van der Waals surface area (Å²) in [5, 5.41) is 0.743. The van der Waals surface area contributed by atoms with Gasteiger partial charge in [0.25, 0.3) is 0 Å². The Kier molecular flexibility index (Phi) is 3.86. The SMILES string of the molecule is CSC1CCCN(c2cc(Br)ncn2)C1. The first kappa shape index (κ1) is 11.2. The molecule has 1 fully saturated rings. The molecule has 3 nitrogen and oxygen atoms in total. The average molecular weight is 288 g/mol. The molecule has 1 aromatic heterocycles. The van der Waals surface area contributed by atoms with Gasteiger partial charge in [-0.1, -0.05) is 0 Å².